The fourth-order valence-electron chi connectivity index (χ4n) is 1.39. The summed E-state index contributed by atoms with van der Waals surface area (Å²) in [6, 6.07) is 0. The van der Waals surface area contributed by atoms with Gasteiger partial charge in [0.1, 0.15) is 12.7 Å². The van der Waals surface area contributed by atoms with Gasteiger partial charge in [-0.3, -0.25) is 0 Å². The highest BCUT2D eigenvalue weighted by molar-refractivity contribution is 5.85. The highest BCUT2D eigenvalue weighted by Crippen LogP contribution is 2.05. The van der Waals surface area contributed by atoms with E-state index in [0.29, 0.717) is 0 Å². The number of nitrogens with zero attached hydrogens (tertiary/aromatic N) is 5. The summed E-state index contributed by atoms with van der Waals surface area (Å²) >= 11 is 0. The number of hydrogen-bond acceptors (Lipinski definition) is 4. The predicted molar refractivity (Wildman–Crippen MR) is 49.6 cm³/mol. The monoisotopic (exact) mass is 179 g/mol. The maximum Gasteiger partial charge on any atom is 0.141 e. The minimum atomic E-state index is 1.05. The first-order chi connectivity index (χ1) is 6.34. The molecule has 0 bridgehead atoms. The summed E-state index contributed by atoms with van der Waals surface area (Å²) in [5.74, 6) is 0. The predicted octanol–water partition coefficient (Wildman–Crippen LogP) is 0.208. The van der Waals surface area contributed by atoms with Gasteiger partial charge in [0, 0.05) is 31.6 Å². The van der Waals surface area contributed by atoms with Gasteiger partial charge in [-0.15, -0.1) is 10.2 Å². The van der Waals surface area contributed by atoms with Crippen molar-refractivity contribution >= 4 is 5.71 Å². The van der Waals surface area contributed by atoms with Crippen LogP contribution in [0.25, 0.3) is 0 Å². The summed E-state index contributed by atoms with van der Waals surface area (Å²) in [4.78, 5) is 2.31. The molecule has 70 valence electrons. The van der Waals surface area contributed by atoms with Crippen LogP contribution < -0.4 is 0 Å². The molecule has 1 fully saturated rings. The number of aromatic nitrogens is 3. The quantitative estimate of drug-likeness (QED) is 0.619. The van der Waals surface area contributed by atoms with Crippen LogP contribution >= 0.6 is 0 Å². The molecule has 0 spiro atoms. The van der Waals surface area contributed by atoms with Gasteiger partial charge in [0.15, 0.2) is 0 Å². The number of piperidine rings is 1. The van der Waals surface area contributed by atoms with E-state index in [1.807, 2.05) is 0 Å². The average molecular weight is 179 g/mol. The zero-order valence-electron chi connectivity index (χ0n) is 7.72. The summed E-state index contributed by atoms with van der Waals surface area (Å²) in [6.45, 7) is 2.20. The largest absolute Gasteiger partial charge is 0.306 e. The Hall–Kier alpha value is -1.23. The summed E-state index contributed by atoms with van der Waals surface area (Å²) in [6.07, 6.45) is 5.33. The molecule has 0 amide bonds. The molecule has 1 aromatic heterocycles. The molecule has 2 rings (SSSR count). The first-order valence-electron chi connectivity index (χ1n) is 4.44. The van der Waals surface area contributed by atoms with E-state index in [2.05, 4.69) is 27.2 Å². The molecule has 13 heavy (non-hydrogen) atoms. The normalized spacial score (nSPS) is 19.0. The molecule has 0 aliphatic carbocycles. The molecule has 1 aromatic rings. The Bertz CT molecular complexity index is 279. The highest BCUT2D eigenvalue weighted by atomic mass is 15.4. The van der Waals surface area contributed by atoms with Gasteiger partial charge in [-0.1, -0.05) is 0 Å². The SMILES string of the molecule is CN1CCC(=Nn2cnnc2)CC1. The Labute approximate surface area is 77.1 Å². The van der Waals surface area contributed by atoms with Crippen LogP contribution in [0.15, 0.2) is 17.8 Å². The molecule has 5 heteroatoms. The van der Waals surface area contributed by atoms with Crippen LogP contribution in [0.1, 0.15) is 12.8 Å². The minimum absolute atomic E-state index is 1.05. The number of hydrogen-bond donors (Lipinski definition) is 0. The third-order valence-electron chi connectivity index (χ3n) is 2.23. The van der Waals surface area contributed by atoms with Crippen molar-refractivity contribution in [1.82, 2.24) is 19.8 Å². The third kappa shape index (κ3) is 2.12. The van der Waals surface area contributed by atoms with Gasteiger partial charge in [-0.25, -0.2) is 4.68 Å². The van der Waals surface area contributed by atoms with Crippen molar-refractivity contribution in [3.63, 3.8) is 0 Å². The molecule has 0 aromatic carbocycles. The maximum absolute atomic E-state index is 4.39. The van der Waals surface area contributed by atoms with Crippen molar-refractivity contribution in [3.8, 4) is 0 Å². The van der Waals surface area contributed by atoms with Gasteiger partial charge in [-0.2, -0.15) is 5.10 Å². The lowest BCUT2D eigenvalue weighted by molar-refractivity contribution is 0.335. The molecule has 0 atom stereocenters. The fraction of sp³-hybridized carbons (Fsp3) is 0.625. The lowest BCUT2D eigenvalue weighted by Crippen LogP contribution is -2.30. The second-order valence-electron chi connectivity index (χ2n) is 3.31. The van der Waals surface area contributed by atoms with Crippen LogP contribution in [0, 0.1) is 0 Å². The van der Waals surface area contributed by atoms with Crippen LogP contribution in [0.2, 0.25) is 0 Å². The van der Waals surface area contributed by atoms with Gasteiger partial charge in [-0.05, 0) is 7.05 Å². The Morgan fingerprint density at radius 3 is 2.46 bits per heavy atom. The molecule has 5 nitrogen and oxygen atoms in total. The molecule has 1 aliphatic rings. The van der Waals surface area contributed by atoms with Crippen molar-refractivity contribution in [3.05, 3.63) is 12.7 Å². The van der Waals surface area contributed by atoms with Crippen LogP contribution in [-0.4, -0.2) is 45.6 Å². The zero-order valence-corrected chi connectivity index (χ0v) is 7.72. The fourth-order valence-corrected chi connectivity index (χ4v) is 1.39. The van der Waals surface area contributed by atoms with Gasteiger partial charge < -0.3 is 4.90 Å². The molecular formula is C8H13N5. The molecule has 1 saturated heterocycles. The van der Waals surface area contributed by atoms with Crippen LogP contribution in [0.5, 0.6) is 0 Å². The Morgan fingerprint density at radius 1 is 1.23 bits per heavy atom. The van der Waals surface area contributed by atoms with Crippen molar-refractivity contribution in [2.45, 2.75) is 12.8 Å². The van der Waals surface area contributed by atoms with E-state index >= 15 is 0 Å². The summed E-state index contributed by atoms with van der Waals surface area (Å²) < 4.78 is 1.67. The first kappa shape index (κ1) is 8.37. The van der Waals surface area contributed by atoms with Crippen molar-refractivity contribution in [1.29, 1.82) is 0 Å². The van der Waals surface area contributed by atoms with E-state index in [0.717, 1.165) is 25.9 Å². The van der Waals surface area contributed by atoms with Crippen molar-refractivity contribution in [2.75, 3.05) is 20.1 Å². The summed E-state index contributed by atoms with van der Waals surface area (Å²) in [5, 5.41) is 11.8. The lowest BCUT2D eigenvalue weighted by Gasteiger charge is -2.22. The van der Waals surface area contributed by atoms with E-state index in [1.54, 1.807) is 17.3 Å². The molecular weight excluding hydrogens is 166 g/mol. The molecule has 0 unspecified atom stereocenters. The minimum Gasteiger partial charge on any atom is -0.306 e. The third-order valence-corrected chi connectivity index (χ3v) is 2.23. The van der Waals surface area contributed by atoms with Crippen LogP contribution in [-0.2, 0) is 0 Å². The topological polar surface area (TPSA) is 46.3 Å². The molecule has 0 N–H and O–H groups in total. The smallest absolute Gasteiger partial charge is 0.141 e. The lowest BCUT2D eigenvalue weighted by atomic mass is 10.1. The van der Waals surface area contributed by atoms with E-state index in [1.165, 1.54) is 5.71 Å². The number of rotatable bonds is 1. The molecule has 0 saturated carbocycles. The second kappa shape index (κ2) is 3.66. The number of likely N-dealkylation sites (tertiary alicyclic amines) is 1. The molecule has 0 radical (unpaired) electrons. The Morgan fingerprint density at radius 2 is 1.85 bits per heavy atom. The van der Waals surface area contributed by atoms with Crippen LogP contribution in [0.3, 0.4) is 0 Å². The van der Waals surface area contributed by atoms with E-state index in [9.17, 15) is 0 Å². The Balaban J connectivity index is 2.02. The summed E-state index contributed by atoms with van der Waals surface area (Å²) in [5.41, 5.74) is 1.23. The van der Waals surface area contributed by atoms with Crippen molar-refractivity contribution < 1.29 is 0 Å². The van der Waals surface area contributed by atoms with Gasteiger partial charge >= 0.3 is 0 Å². The Kier molecular flexibility index (Phi) is 2.35. The highest BCUT2D eigenvalue weighted by Gasteiger charge is 2.10. The summed E-state index contributed by atoms with van der Waals surface area (Å²) in [7, 11) is 2.13. The molecule has 1 aliphatic heterocycles. The van der Waals surface area contributed by atoms with Gasteiger partial charge in [0.25, 0.3) is 0 Å². The maximum atomic E-state index is 4.39. The van der Waals surface area contributed by atoms with Crippen LogP contribution in [0.4, 0.5) is 0 Å². The van der Waals surface area contributed by atoms with Gasteiger partial charge in [0.2, 0.25) is 0 Å². The van der Waals surface area contributed by atoms with E-state index in [-0.39, 0.29) is 0 Å². The average Bonchev–Trinajstić information content (AvgIpc) is 2.62. The second-order valence-corrected chi connectivity index (χ2v) is 3.31. The zero-order chi connectivity index (χ0) is 9.10. The van der Waals surface area contributed by atoms with E-state index in [4.69, 9.17) is 0 Å². The van der Waals surface area contributed by atoms with E-state index < -0.39 is 0 Å². The van der Waals surface area contributed by atoms with Gasteiger partial charge in [0.05, 0.1) is 0 Å². The standard InChI is InChI=1S/C8H13N5/c1-12-4-2-8(3-5-12)11-13-6-9-10-7-13/h6-7H,2-5H2,1H3. The molecule has 2 heterocycles. The first-order valence-corrected chi connectivity index (χ1v) is 4.44. The van der Waals surface area contributed by atoms with Crippen molar-refractivity contribution in [2.24, 2.45) is 5.10 Å².